The zero-order valence-corrected chi connectivity index (χ0v) is 15.8. The molecule has 4 amide bonds. The second-order valence-corrected chi connectivity index (χ2v) is 7.06. The summed E-state index contributed by atoms with van der Waals surface area (Å²) in [6, 6.07) is 4.44. The highest BCUT2D eigenvalue weighted by Crippen LogP contribution is 2.38. The van der Waals surface area contributed by atoms with E-state index in [9.17, 15) is 14.4 Å². The van der Waals surface area contributed by atoms with Crippen LogP contribution in [0.5, 0.6) is 11.5 Å². The molecule has 0 unspecified atom stereocenters. The summed E-state index contributed by atoms with van der Waals surface area (Å²) in [5.74, 6) is 0.313. The van der Waals surface area contributed by atoms with Gasteiger partial charge in [0.1, 0.15) is 12.1 Å². The average molecular weight is 375 g/mol. The minimum Gasteiger partial charge on any atom is -0.493 e. The van der Waals surface area contributed by atoms with Gasteiger partial charge in [0.15, 0.2) is 11.5 Å². The molecule has 1 aliphatic heterocycles. The molecule has 1 saturated carbocycles. The molecule has 0 aromatic heterocycles. The van der Waals surface area contributed by atoms with Crippen LogP contribution < -0.4 is 20.1 Å². The number of rotatable bonds is 5. The highest BCUT2D eigenvalue weighted by Gasteiger charge is 2.55. The Morgan fingerprint density at radius 2 is 2.00 bits per heavy atom. The second-order valence-electron chi connectivity index (χ2n) is 7.06. The molecule has 1 aromatic rings. The first-order chi connectivity index (χ1) is 12.9. The zero-order chi connectivity index (χ0) is 19.6. The molecule has 1 aromatic carbocycles. The van der Waals surface area contributed by atoms with E-state index in [0.717, 1.165) is 24.2 Å². The van der Waals surface area contributed by atoms with Crippen molar-refractivity contribution in [2.45, 2.75) is 38.1 Å². The molecule has 2 atom stereocenters. The zero-order valence-electron chi connectivity index (χ0n) is 15.8. The van der Waals surface area contributed by atoms with Gasteiger partial charge in [0.2, 0.25) is 5.91 Å². The molecule has 1 spiro atoms. The van der Waals surface area contributed by atoms with Gasteiger partial charge in [-0.25, -0.2) is 4.79 Å². The summed E-state index contributed by atoms with van der Waals surface area (Å²) in [6.45, 7) is 1.65. The largest absolute Gasteiger partial charge is 0.493 e. The van der Waals surface area contributed by atoms with Crippen LogP contribution in [-0.2, 0) is 9.59 Å². The number of benzene rings is 1. The molecule has 8 heteroatoms. The Bertz CT molecular complexity index is 766. The van der Waals surface area contributed by atoms with E-state index < -0.39 is 17.5 Å². The maximum atomic E-state index is 12.9. The van der Waals surface area contributed by atoms with Crippen LogP contribution in [-0.4, -0.2) is 49.0 Å². The van der Waals surface area contributed by atoms with Gasteiger partial charge in [-0.1, -0.05) is 19.8 Å². The maximum absolute atomic E-state index is 12.9. The number of hydrogen-bond acceptors (Lipinski definition) is 5. The third-order valence-electron chi connectivity index (χ3n) is 5.47. The smallest absolute Gasteiger partial charge is 0.325 e. The highest BCUT2D eigenvalue weighted by molar-refractivity contribution is 6.10. The SMILES string of the molecule is COc1ccc(NC(=O)CN2C(=O)N[C@@]3(CCCC[C@H]3C)C2=O)cc1OC. The Balaban J connectivity index is 1.69. The van der Waals surface area contributed by atoms with Crippen molar-refractivity contribution >= 4 is 23.5 Å². The van der Waals surface area contributed by atoms with Crippen molar-refractivity contribution < 1.29 is 23.9 Å². The molecule has 1 heterocycles. The number of imide groups is 1. The molecule has 146 valence electrons. The summed E-state index contributed by atoms with van der Waals surface area (Å²) in [6.07, 6.45) is 3.44. The fraction of sp³-hybridized carbons (Fsp3) is 0.526. The van der Waals surface area contributed by atoms with E-state index in [1.807, 2.05) is 6.92 Å². The van der Waals surface area contributed by atoms with Crippen LogP contribution in [0.4, 0.5) is 10.5 Å². The van der Waals surface area contributed by atoms with Crippen LogP contribution >= 0.6 is 0 Å². The van der Waals surface area contributed by atoms with Gasteiger partial charge < -0.3 is 20.1 Å². The van der Waals surface area contributed by atoms with Crippen molar-refractivity contribution in [2.75, 3.05) is 26.1 Å². The van der Waals surface area contributed by atoms with Crippen molar-refractivity contribution in [2.24, 2.45) is 5.92 Å². The molecular weight excluding hydrogens is 350 g/mol. The second kappa shape index (κ2) is 7.46. The summed E-state index contributed by atoms with van der Waals surface area (Å²) in [5, 5.41) is 5.53. The number of amides is 4. The molecule has 3 rings (SSSR count). The van der Waals surface area contributed by atoms with E-state index in [1.54, 1.807) is 18.2 Å². The Kier molecular flexibility index (Phi) is 5.25. The van der Waals surface area contributed by atoms with Crippen LogP contribution in [0.25, 0.3) is 0 Å². The van der Waals surface area contributed by atoms with Gasteiger partial charge in [-0.2, -0.15) is 0 Å². The lowest BCUT2D eigenvalue weighted by atomic mass is 9.73. The number of carbonyl (C=O) groups excluding carboxylic acids is 3. The first-order valence-corrected chi connectivity index (χ1v) is 9.07. The molecule has 1 aliphatic carbocycles. The van der Waals surface area contributed by atoms with Gasteiger partial charge in [0, 0.05) is 11.8 Å². The highest BCUT2D eigenvalue weighted by atomic mass is 16.5. The minimum atomic E-state index is -0.862. The first-order valence-electron chi connectivity index (χ1n) is 9.07. The third-order valence-corrected chi connectivity index (χ3v) is 5.47. The maximum Gasteiger partial charge on any atom is 0.325 e. The van der Waals surface area contributed by atoms with Crippen LogP contribution in [0, 0.1) is 5.92 Å². The molecule has 27 heavy (non-hydrogen) atoms. The van der Waals surface area contributed by atoms with Crippen LogP contribution in [0.3, 0.4) is 0 Å². The van der Waals surface area contributed by atoms with Crippen molar-refractivity contribution in [3.63, 3.8) is 0 Å². The summed E-state index contributed by atoms with van der Waals surface area (Å²) >= 11 is 0. The molecule has 2 aliphatic rings. The third kappa shape index (κ3) is 3.43. The number of carbonyl (C=O) groups is 3. The number of hydrogen-bond donors (Lipinski definition) is 2. The Morgan fingerprint density at radius 1 is 1.26 bits per heavy atom. The van der Waals surface area contributed by atoms with Crippen molar-refractivity contribution in [1.29, 1.82) is 0 Å². The summed E-state index contributed by atoms with van der Waals surface area (Å²) < 4.78 is 10.4. The standard InChI is InChI=1S/C19H25N3O5/c1-12-6-4-5-9-19(12)17(24)22(18(25)21-19)11-16(23)20-13-7-8-14(26-2)15(10-13)27-3/h7-8,10,12H,4-6,9,11H2,1-3H3,(H,20,23)(H,21,25)/t12-,19-/m1/s1. The monoisotopic (exact) mass is 375 g/mol. The number of nitrogens with one attached hydrogen (secondary N) is 2. The molecule has 1 saturated heterocycles. The predicted octanol–water partition coefficient (Wildman–Crippen LogP) is 2.14. The fourth-order valence-electron chi connectivity index (χ4n) is 3.90. The first kappa shape index (κ1) is 19.0. The van der Waals surface area contributed by atoms with Gasteiger partial charge in [0.25, 0.3) is 5.91 Å². The van der Waals surface area contributed by atoms with Crippen LogP contribution in [0.15, 0.2) is 18.2 Å². The van der Waals surface area contributed by atoms with E-state index in [0.29, 0.717) is 23.6 Å². The van der Waals surface area contributed by atoms with Gasteiger partial charge in [-0.15, -0.1) is 0 Å². The Hall–Kier alpha value is -2.77. The van der Waals surface area contributed by atoms with E-state index in [1.165, 1.54) is 14.2 Å². The predicted molar refractivity (Wildman–Crippen MR) is 98.8 cm³/mol. The van der Waals surface area contributed by atoms with Gasteiger partial charge >= 0.3 is 6.03 Å². The van der Waals surface area contributed by atoms with Crippen molar-refractivity contribution in [1.82, 2.24) is 10.2 Å². The number of anilines is 1. The number of urea groups is 1. The van der Waals surface area contributed by atoms with Gasteiger partial charge in [0.05, 0.1) is 14.2 Å². The Labute approximate surface area is 158 Å². The van der Waals surface area contributed by atoms with Crippen molar-refractivity contribution in [3.05, 3.63) is 18.2 Å². The lowest BCUT2D eigenvalue weighted by molar-refractivity contribution is -0.136. The molecule has 8 nitrogen and oxygen atoms in total. The minimum absolute atomic E-state index is 0.0570. The lowest BCUT2D eigenvalue weighted by Gasteiger charge is -2.36. The van der Waals surface area contributed by atoms with Gasteiger partial charge in [-0.3, -0.25) is 14.5 Å². The molecular formula is C19H25N3O5. The normalized spacial score (nSPS) is 24.7. The summed E-state index contributed by atoms with van der Waals surface area (Å²) in [5.41, 5.74) is -0.371. The quantitative estimate of drug-likeness (QED) is 0.769. The van der Waals surface area contributed by atoms with E-state index in [4.69, 9.17) is 9.47 Å². The van der Waals surface area contributed by atoms with E-state index in [-0.39, 0.29) is 18.4 Å². The van der Waals surface area contributed by atoms with Crippen molar-refractivity contribution in [3.8, 4) is 11.5 Å². The summed E-state index contributed by atoms with van der Waals surface area (Å²) in [4.78, 5) is 38.7. The van der Waals surface area contributed by atoms with Crippen LogP contribution in [0.1, 0.15) is 32.6 Å². The molecule has 0 bridgehead atoms. The van der Waals surface area contributed by atoms with Gasteiger partial charge in [-0.05, 0) is 30.9 Å². The Morgan fingerprint density at radius 3 is 2.67 bits per heavy atom. The number of ether oxygens (including phenoxy) is 2. The number of nitrogens with zero attached hydrogens (tertiary/aromatic N) is 1. The average Bonchev–Trinajstić information content (AvgIpc) is 2.89. The fourth-order valence-corrected chi connectivity index (χ4v) is 3.90. The molecule has 2 N–H and O–H groups in total. The lowest BCUT2D eigenvalue weighted by Crippen LogP contribution is -2.54. The number of methoxy groups -OCH3 is 2. The van der Waals surface area contributed by atoms with E-state index >= 15 is 0 Å². The van der Waals surface area contributed by atoms with Crippen LogP contribution in [0.2, 0.25) is 0 Å². The topological polar surface area (TPSA) is 97.0 Å². The molecule has 2 fully saturated rings. The molecule has 0 radical (unpaired) electrons. The van der Waals surface area contributed by atoms with E-state index in [2.05, 4.69) is 10.6 Å². The summed E-state index contributed by atoms with van der Waals surface area (Å²) in [7, 11) is 3.03.